The molecule has 0 radical (unpaired) electrons. The molecule has 1 saturated carbocycles. The normalized spacial score (nSPS) is 19.4. The first-order valence-corrected chi connectivity index (χ1v) is 6.84. The summed E-state index contributed by atoms with van der Waals surface area (Å²) >= 11 is 0. The van der Waals surface area contributed by atoms with Crippen LogP contribution in [0.2, 0.25) is 0 Å². The molecule has 0 saturated heterocycles. The van der Waals surface area contributed by atoms with Gasteiger partial charge in [0.1, 0.15) is 0 Å². The minimum absolute atomic E-state index is 0.416. The molecule has 0 aliphatic heterocycles. The number of allylic oxidation sites excluding steroid dienone is 1. The van der Waals surface area contributed by atoms with Gasteiger partial charge in [-0.3, -0.25) is 4.99 Å². The van der Waals surface area contributed by atoms with Crippen molar-refractivity contribution >= 4 is 14.0 Å². The van der Waals surface area contributed by atoms with Crippen LogP contribution in [0.5, 0.6) is 0 Å². The van der Waals surface area contributed by atoms with Crippen molar-refractivity contribution in [3.63, 3.8) is 0 Å². The molecule has 0 amide bonds. The molecule has 1 fully saturated rings. The molecule has 0 aromatic carbocycles. The van der Waals surface area contributed by atoms with Gasteiger partial charge >= 0.3 is 0 Å². The summed E-state index contributed by atoms with van der Waals surface area (Å²) in [7, 11) is 5.02. The third-order valence-corrected chi connectivity index (χ3v) is 3.96. The molecular formula is C12H23N2P. The van der Waals surface area contributed by atoms with Crippen molar-refractivity contribution in [1.29, 1.82) is 0 Å². The van der Waals surface area contributed by atoms with Gasteiger partial charge in [-0.15, -0.1) is 0 Å². The number of nitrogens with zero attached hydrogens (tertiary/aromatic N) is 2. The van der Waals surface area contributed by atoms with E-state index < -0.39 is 0 Å². The smallest absolute Gasteiger partial charge is 0.0565 e. The van der Waals surface area contributed by atoms with Gasteiger partial charge in [0.25, 0.3) is 0 Å². The fourth-order valence-electron chi connectivity index (χ4n) is 1.39. The number of hydrogen-bond acceptors (Lipinski definition) is 2. The molecule has 0 bridgehead atoms. The van der Waals surface area contributed by atoms with E-state index in [2.05, 4.69) is 50.1 Å². The van der Waals surface area contributed by atoms with Gasteiger partial charge in [0, 0.05) is 26.3 Å². The van der Waals surface area contributed by atoms with Crippen LogP contribution in [-0.4, -0.2) is 36.1 Å². The molecule has 15 heavy (non-hydrogen) atoms. The van der Waals surface area contributed by atoms with Crippen LogP contribution in [0, 0.1) is 0 Å². The second kappa shape index (κ2) is 6.27. The fraction of sp³-hybridized carbons (Fsp3) is 0.750. The molecule has 0 aromatic rings. The van der Waals surface area contributed by atoms with Gasteiger partial charge in [-0.25, -0.2) is 0 Å². The maximum Gasteiger partial charge on any atom is 0.0565 e. The van der Waals surface area contributed by atoms with Gasteiger partial charge in [0.2, 0.25) is 0 Å². The molecule has 1 rings (SSSR count). The molecular weight excluding hydrogens is 203 g/mol. The summed E-state index contributed by atoms with van der Waals surface area (Å²) in [5.41, 5.74) is 2.22. The van der Waals surface area contributed by atoms with E-state index in [1.807, 2.05) is 0 Å². The molecule has 1 aliphatic rings. The highest BCUT2D eigenvalue weighted by atomic mass is 31.1. The van der Waals surface area contributed by atoms with Crippen molar-refractivity contribution in [2.24, 2.45) is 4.99 Å². The second-order valence-electron chi connectivity index (χ2n) is 4.66. The van der Waals surface area contributed by atoms with Crippen molar-refractivity contribution in [1.82, 2.24) is 4.90 Å². The first kappa shape index (κ1) is 12.7. The fourth-order valence-corrected chi connectivity index (χ4v) is 3.01. The highest BCUT2D eigenvalue weighted by Gasteiger charge is 2.18. The monoisotopic (exact) mass is 226 g/mol. The van der Waals surface area contributed by atoms with E-state index in [0.717, 1.165) is 14.2 Å². The maximum atomic E-state index is 4.69. The Bertz CT molecular complexity index is 240. The Hall–Kier alpha value is -0.360. The average molecular weight is 226 g/mol. The summed E-state index contributed by atoms with van der Waals surface area (Å²) in [5, 5.41) is 0. The highest BCUT2D eigenvalue weighted by Crippen LogP contribution is 2.37. The van der Waals surface area contributed by atoms with Crippen LogP contribution in [0.4, 0.5) is 0 Å². The van der Waals surface area contributed by atoms with E-state index in [9.17, 15) is 0 Å². The Labute approximate surface area is 95.6 Å². The minimum Gasteiger partial charge on any atom is -0.383 e. The third-order valence-electron chi connectivity index (χ3n) is 2.39. The van der Waals surface area contributed by atoms with Gasteiger partial charge in [0.05, 0.1) is 5.45 Å². The Balaban J connectivity index is 2.51. The Morgan fingerprint density at radius 3 is 2.47 bits per heavy atom. The lowest BCUT2D eigenvalue weighted by molar-refractivity contribution is 0.520. The molecule has 1 aliphatic carbocycles. The molecule has 0 spiro atoms. The van der Waals surface area contributed by atoms with Crippen molar-refractivity contribution in [3.05, 3.63) is 12.3 Å². The summed E-state index contributed by atoms with van der Waals surface area (Å²) in [6, 6.07) is 0.416. The Morgan fingerprint density at radius 2 is 2.07 bits per heavy atom. The summed E-state index contributed by atoms with van der Waals surface area (Å²) in [4.78, 5) is 6.76. The summed E-state index contributed by atoms with van der Waals surface area (Å²) in [5.74, 6) is 0. The second-order valence-corrected chi connectivity index (χ2v) is 6.28. The summed E-state index contributed by atoms with van der Waals surface area (Å²) < 4.78 is 0. The zero-order chi connectivity index (χ0) is 11.3. The lowest BCUT2D eigenvalue weighted by atomic mass is 10.00. The SMILES string of the molecule is CC(C)/N=C(\C=C/N(C)C)PC1CCC1. The Kier molecular flexibility index (Phi) is 5.31. The minimum atomic E-state index is 0.416. The lowest BCUT2D eigenvalue weighted by Gasteiger charge is -2.25. The average Bonchev–Trinajstić information content (AvgIpc) is 2.05. The largest absolute Gasteiger partial charge is 0.383 e. The molecule has 86 valence electrons. The van der Waals surface area contributed by atoms with Gasteiger partial charge < -0.3 is 4.90 Å². The predicted molar refractivity (Wildman–Crippen MR) is 71.4 cm³/mol. The van der Waals surface area contributed by atoms with Crippen molar-refractivity contribution in [3.8, 4) is 0 Å². The van der Waals surface area contributed by atoms with Crippen molar-refractivity contribution in [2.45, 2.75) is 44.8 Å². The van der Waals surface area contributed by atoms with Crippen LogP contribution < -0.4 is 0 Å². The van der Waals surface area contributed by atoms with Crippen molar-refractivity contribution in [2.75, 3.05) is 14.1 Å². The molecule has 2 nitrogen and oxygen atoms in total. The van der Waals surface area contributed by atoms with E-state index in [1.54, 1.807) is 0 Å². The van der Waals surface area contributed by atoms with Crippen LogP contribution in [0.15, 0.2) is 17.3 Å². The molecule has 1 unspecified atom stereocenters. The molecule has 0 N–H and O–H groups in total. The van der Waals surface area contributed by atoms with Crippen LogP contribution in [0.1, 0.15) is 33.1 Å². The van der Waals surface area contributed by atoms with E-state index in [0.29, 0.717) is 6.04 Å². The number of aliphatic imine (C=N–C) groups is 1. The van der Waals surface area contributed by atoms with E-state index in [4.69, 9.17) is 0 Å². The molecule has 1 atom stereocenters. The van der Waals surface area contributed by atoms with E-state index in [-0.39, 0.29) is 0 Å². The molecule has 0 heterocycles. The van der Waals surface area contributed by atoms with E-state index in [1.165, 1.54) is 24.7 Å². The van der Waals surface area contributed by atoms with Gasteiger partial charge in [-0.2, -0.15) is 0 Å². The zero-order valence-electron chi connectivity index (χ0n) is 10.3. The predicted octanol–water partition coefficient (Wildman–Crippen LogP) is 3.10. The first-order valence-electron chi connectivity index (χ1n) is 5.77. The van der Waals surface area contributed by atoms with Crippen LogP contribution in [0.25, 0.3) is 0 Å². The number of hydrogen-bond donors (Lipinski definition) is 0. The Morgan fingerprint density at radius 1 is 1.40 bits per heavy atom. The van der Waals surface area contributed by atoms with Gasteiger partial charge in [0.15, 0.2) is 0 Å². The standard InChI is InChI=1S/C12H23N2P/c1-10(2)13-12(8-9-14(3)4)15-11-6-5-7-11/h8-11,15H,5-7H2,1-4H3/b9-8-,13-12+. The van der Waals surface area contributed by atoms with E-state index >= 15 is 0 Å². The highest BCUT2D eigenvalue weighted by molar-refractivity contribution is 7.59. The molecule has 0 aromatic heterocycles. The first-order chi connectivity index (χ1) is 7.08. The lowest BCUT2D eigenvalue weighted by Crippen LogP contribution is -2.14. The van der Waals surface area contributed by atoms with Crippen LogP contribution in [0.3, 0.4) is 0 Å². The quantitative estimate of drug-likeness (QED) is 0.519. The zero-order valence-corrected chi connectivity index (χ0v) is 11.3. The molecule has 3 heteroatoms. The topological polar surface area (TPSA) is 15.6 Å². The maximum absolute atomic E-state index is 4.69. The van der Waals surface area contributed by atoms with Gasteiger partial charge in [-0.1, -0.05) is 15.0 Å². The summed E-state index contributed by atoms with van der Waals surface area (Å²) in [6.45, 7) is 4.30. The van der Waals surface area contributed by atoms with Crippen LogP contribution >= 0.6 is 8.58 Å². The van der Waals surface area contributed by atoms with Gasteiger partial charge in [-0.05, 0) is 38.4 Å². The summed E-state index contributed by atoms with van der Waals surface area (Å²) in [6.07, 6.45) is 8.52. The van der Waals surface area contributed by atoms with Crippen LogP contribution in [-0.2, 0) is 0 Å². The van der Waals surface area contributed by atoms with Crippen molar-refractivity contribution < 1.29 is 0 Å². The number of rotatable bonds is 5. The third kappa shape index (κ3) is 5.32.